The summed E-state index contributed by atoms with van der Waals surface area (Å²) in [7, 11) is 0. The zero-order valence-corrected chi connectivity index (χ0v) is 12.9. The fourth-order valence-corrected chi connectivity index (χ4v) is 3.00. The molecular formula is C15H19F3O2S. The molecule has 2 nitrogen and oxygen atoms in total. The lowest BCUT2D eigenvalue weighted by Gasteiger charge is -2.34. The van der Waals surface area contributed by atoms with Gasteiger partial charge in [-0.3, -0.25) is 0 Å². The molecule has 0 aromatic heterocycles. The Morgan fingerprint density at radius 3 is 2.43 bits per heavy atom. The summed E-state index contributed by atoms with van der Waals surface area (Å²) in [6.45, 7) is 3.39. The largest absolute Gasteiger partial charge is 0.345 e. The molecule has 0 aliphatic carbocycles. The average molecular weight is 320 g/mol. The summed E-state index contributed by atoms with van der Waals surface area (Å²) < 4.78 is 52.7. The van der Waals surface area contributed by atoms with Gasteiger partial charge in [0.05, 0.1) is 13.2 Å². The van der Waals surface area contributed by atoms with Crippen LogP contribution < -0.4 is 0 Å². The Balaban J connectivity index is 2.12. The van der Waals surface area contributed by atoms with E-state index in [-0.39, 0.29) is 23.7 Å². The van der Waals surface area contributed by atoms with Crippen molar-refractivity contribution in [2.24, 2.45) is 0 Å². The van der Waals surface area contributed by atoms with Crippen molar-refractivity contribution in [1.82, 2.24) is 0 Å². The van der Waals surface area contributed by atoms with E-state index in [9.17, 15) is 13.2 Å². The second-order valence-corrected chi connectivity index (χ2v) is 6.37. The van der Waals surface area contributed by atoms with E-state index < -0.39 is 23.6 Å². The van der Waals surface area contributed by atoms with Gasteiger partial charge in [0, 0.05) is 10.5 Å². The number of thioether (sulfide) groups is 1. The Hall–Kier alpha value is -0.720. The maximum Gasteiger partial charge on any atom is 0.187 e. The molecule has 0 amide bonds. The van der Waals surface area contributed by atoms with Gasteiger partial charge >= 0.3 is 0 Å². The molecule has 21 heavy (non-hydrogen) atoms. The topological polar surface area (TPSA) is 18.5 Å². The highest BCUT2D eigenvalue weighted by Crippen LogP contribution is 2.35. The minimum atomic E-state index is -1.54. The molecule has 1 aliphatic heterocycles. The first-order valence-electron chi connectivity index (χ1n) is 7.03. The number of hydrogen-bond donors (Lipinski definition) is 0. The molecule has 1 fully saturated rings. The first-order chi connectivity index (χ1) is 10.0. The summed E-state index contributed by atoms with van der Waals surface area (Å²) in [6, 6.07) is 2.93. The maximum absolute atomic E-state index is 14.2. The highest BCUT2D eigenvalue weighted by molar-refractivity contribution is 7.99. The van der Waals surface area contributed by atoms with Gasteiger partial charge in [0.15, 0.2) is 23.6 Å². The van der Waals surface area contributed by atoms with E-state index in [1.165, 1.54) is 23.9 Å². The van der Waals surface area contributed by atoms with Gasteiger partial charge in [-0.15, -0.1) is 11.8 Å². The summed E-state index contributed by atoms with van der Waals surface area (Å²) in [5.41, 5.74) is -1.57. The Kier molecular flexibility index (Phi) is 5.57. The third-order valence-corrected chi connectivity index (χ3v) is 4.23. The lowest BCUT2D eigenvalue weighted by Crippen LogP contribution is -2.41. The van der Waals surface area contributed by atoms with Gasteiger partial charge in [-0.05, 0) is 24.3 Å². The van der Waals surface area contributed by atoms with Crippen LogP contribution in [0.5, 0.6) is 0 Å². The Labute approximate surface area is 127 Å². The highest BCUT2D eigenvalue weighted by Gasteiger charge is 2.38. The van der Waals surface area contributed by atoms with E-state index in [1.807, 2.05) is 13.8 Å². The molecule has 0 unspecified atom stereocenters. The van der Waals surface area contributed by atoms with Crippen LogP contribution in [0.3, 0.4) is 0 Å². The van der Waals surface area contributed by atoms with E-state index in [0.717, 1.165) is 0 Å². The van der Waals surface area contributed by atoms with Crippen molar-refractivity contribution in [1.29, 1.82) is 0 Å². The van der Waals surface area contributed by atoms with Gasteiger partial charge in [-0.25, -0.2) is 13.2 Å². The molecule has 1 aromatic carbocycles. The fraction of sp³-hybridized carbons (Fsp3) is 0.600. The van der Waals surface area contributed by atoms with Gasteiger partial charge in [0.2, 0.25) is 0 Å². The zero-order valence-electron chi connectivity index (χ0n) is 12.1. The lowest BCUT2D eigenvalue weighted by molar-refractivity contribution is -0.240. The normalized spacial score (nSPS) is 26.0. The van der Waals surface area contributed by atoms with Crippen LogP contribution in [0, 0.1) is 11.6 Å². The van der Waals surface area contributed by atoms with Crippen molar-refractivity contribution in [2.75, 3.05) is 19.0 Å². The monoisotopic (exact) mass is 320 g/mol. The summed E-state index contributed by atoms with van der Waals surface area (Å²) in [6.07, 6.45) is -0.0662. The number of ether oxygens (including phenoxy) is 2. The number of alkyl halides is 1. The molecule has 0 N–H and O–H groups in total. The Morgan fingerprint density at radius 1 is 1.19 bits per heavy atom. The minimum Gasteiger partial charge on any atom is -0.345 e. The predicted octanol–water partition coefficient (Wildman–Crippen LogP) is 4.63. The molecule has 0 bridgehead atoms. The zero-order chi connectivity index (χ0) is 15.5. The van der Waals surface area contributed by atoms with Crippen molar-refractivity contribution >= 4 is 11.8 Å². The molecule has 0 atom stereocenters. The molecule has 1 saturated heterocycles. The first-order valence-corrected chi connectivity index (χ1v) is 8.02. The first kappa shape index (κ1) is 16.6. The fourth-order valence-electron chi connectivity index (χ4n) is 2.31. The van der Waals surface area contributed by atoms with Crippen LogP contribution in [0.1, 0.15) is 38.5 Å². The second-order valence-electron chi connectivity index (χ2n) is 5.07. The molecule has 1 heterocycles. The van der Waals surface area contributed by atoms with Gasteiger partial charge in [-0.2, -0.15) is 0 Å². The molecule has 0 saturated carbocycles. The standard InChI is InChI=1S/C15H19F3O2S/c1-3-7-15(18)8-19-14(20-9-15)10-5-6-11(21-4-2)13(17)12(10)16/h5-6,14H,3-4,7-9H2,1-2H3. The van der Waals surface area contributed by atoms with Crippen molar-refractivity contribution in [2.45, 2.75) is 43.5 Å². The summed E-state index contributed by atoms with van der Waals surface area (Å²) in [4.78, 5) is 0.250. The van der Waals surface area contributed by atoms with Crippen LogP contribution in [0.4, 0.5) is 13.2 Å². The van der Waals surface area contributed by atoms with Gasteiger partial charge in [0.1, 0.15) is 0 Å². The SMILES string of the molecule is CCCC1(F)COC(c2ccc(SCC)c(F)c2F)OC1. The maximum atomic E-state index is 14.2. The van der Waals surface area contributed by atoms with Crippen LogP contribution >= 0.6 is 11.8 Å². The summed E-state index contributed by atoms with van der Waals surface area (Å²) in [5, 5.41) is 0. The molecule has 0 spiro atoms. The summed E-state index contributed by atoms with van der Waals surface area (Å²) in [5.74, 6) is -1.24. The molecule has 118 valence electrons. The Bertz CT molecular complexity index is 488. The molecule has 1 aromatic rings. The number of hydrogen-bond acceptors (Lipinski definition) is 3. The molecule has 0 radical (unpaired) electrons. The van der Waals surface area contributed by atoms with E-state index in [2.05, 4.69) is 0 Å². The van der Waals surface area contributed by atoms with Gasteiger partial charge < -0.3 is 9.47 Å². The van der Waals surface area contributed by atoms with E-state index in [4.69, 9.17) is 9.47 Å². The lowest BCUT2D eigenvalue weighted by atomic mass is 10.0. The van der Waals surface area contributed by atoms with Crippen LogP contribution in [-0.4, -0.2) is 24.6 Å². The van der Waals surface area contributed by atoms with Crippen molar-refractivity contribution < 1.29 is 22.6 Å². The van der Waals surface area contributed by atoms with Crippen LogP contribution in [0.15, 0.2) is 17.0 Å². The molecule has 6 heteroatoms. The third kappa shape index (κ3) is 3.73. The predicted molar refractivity (Wildman–Crippen MR) is 76.1 cm³/mol. The van der Waals surface area contributed by atoms with Gasteiger partial charge in [0.25, 0.3) is 0 Å². The molecule has 1 aliphatic rings. The Morgan fingerprint density at radius 2 is 1.86 bits per heavy atom. The third-order valence-electron chi connectivity index (χ3n) is 3.32. The highest BCUT2D eigenvalue weighted by atomic mass is 32.2. The van der Waals surface area contributed by atoms with Gasteiger partial charge in [-0.1, -0.05) is 20.3 Å². The molecular weight excluding hydrogens is 301 g/mol. The smallest absolute Gasteiger partial charge is 0.187 e. The second kappa shape index (κ2) is 7.03. The van der Waals surface area contributed by atoms with Crippen LogP contribution in [0.2, 0.25) is 0 Å². The van der Waals surface area contributed by atoms with Crippen molar-refractivity contribution in [3.05, 3.63) is 29.3 Å². The quantitative estimate of drug-likeness (QED) is 0.737. The van der Waals surface area contributed by atoms with Crippen LogP contribution in [-0.2, 0) is 9.47 Å². The average Bonchev–Trinajstić information content (AvgIpc) is 2.46. The minimum absolute atomic E-state index is 0.0218. The van der Waals surface area contributed by atoms with Crippen molar-refractivity contribution in [3.63, 3.8) is 0 Å². The van der Waals surface area contributed by atoms with Crippen molar-refractivity contribution in [3.8, 4) is 0 Å². The number of halogens is 3. The summed E-state index contributed by atoms with van der Waals surface area (Å²) >= 11 is 1.22. The number of rotatable bonds is 5. The van der Waals surface area contributed by atoms with E-state index >= 15 is 0 Å². The van der Waals surface area contributed by atoms with E-state index in [1.54, 1.807) is 0 Å². The van der Waals surface area contributed by atoms with E-state index in [0.29, 0.717) is 18.6 Å². The number of benzene rings is 1. The molecule has 2 rings (SSSR count). The van der Waals surface area contributed by atoms with Crippen LogP contribution in [0.25, 0.3) is 0 Å².